The summed E-state index contributed by atoms with van der Waals surface area (Å²) in [6, 6.07) is 2.49. The van der Waals surface area contributed by atoms with Crippen molar-refractivity contribution in [1.82, 2.24) is 10.0 Å². The topological polar surface area (TPSA) is 116 Å². The molecule has 3 N–H and O–H groups in total. The van der Waals surface area contributed by atoms with Crippen LogP contribution in [0.2, 0.25) is 0 Å². The van der Waals surface area contributed by atoms with Crippen LogP contribution in [0, 0.1) is 11.7 Å². The molecule has 1 fully saturated rings. The Morgan fingerprint density at radius 3 is 2.74 bits per heavy atom. The van der Waals surface area contributed by atoms with Crippen molar-refractivity contribution in [2.24, 2.45) is 5.92 Å². The highest BCUT2D eigenvalue weighted by Crippen LogP contribution is 2.41. The summed E-state index contributed by atoms with van der Waals surface area (Å²) >= 11 is 0.982. The van der Waals surface area contributed by atoms with Crippen molar-refractivity contribution < 1.29 is 27.5 Å². The summed E-state index contributed by atoms with van der Waals surface area (Å²) in [5, 5.41) is 12.9. The number of halogens is 1. The van der Waals surface area contributed by atoms with Gasteiger partial charge >= 0.3 is 10.2 Å². The zero-order valence-corrected chi connectivity index (χ0v) is 16.2. The molecule has 0 radical (unpaired) electrons. The predicted molar refractivity (Wildman–Crippen MR) is 99.6 cm³/mol. The largest absolute Gasteiger partial charge is 0.506 e. The summed E-state index contributed by atoms with van der Waals surface area (Å²) in [6.45, 7) is 3.89. The number of anilines is 1. The molecule has 0 spiro atoms. The van der Waals surface area contributed by atoms with Gasteiger partial charge in [-0.2, -0.15) is 8.42 Å². The number of thiophene rings is 1. The standard InChI is InChI=1S/C16H18FN3O5S2/c1-8(2)3-4-18-16(23)12-5-9-11(26-12)6-10(21)15(14(9)17)20-7-13(22)19-27(20,24)25/h5-6,8,21H,3-4,7H2,1-2H3,(H,18,23)(H,19,22). The van der Waals surface area contributed by atoms with Gasteiger partial charge in [-0.1, -0.05) is 13.8 Å². The molecule has 0 saturated carbocycles. The van der Waals surface area contributed by atoms with E-state index in [-0.39, 0.29) is 16.2 Å². The molecule has 2 amide bonds. The van der Waals surface area contributed by atoms with E-state index in [1.807, 2.05) is 13.8 Å². The number of aromatic hydroxyl groups is 1. The van der Waals surface area contributed by atoms with Crippen molar-refractivity contribution in [3.05, 3.63) is 22.8 Å². The van der Waals surface area contributed by atoms with E-state index in [0.29, 0.717) is 21.5 Å². The Hall–Kier alpha value is -2.40. The van der Waals surface area contributed by atoms with Crippen molar-refractivity contribution in [3.8, 4) is 5.75 Å². The fourth-order valence-electron chi connectivity index (χ4n) is 2.67. The number of nitrogens with one attached hydrogen (secondary N) is 2. The van der Waals surface area contributed by atoms with E-state index < -0.39 is 39.9 Å². The van der Waals surface area contributed by atoms with Gasteiger partial charge in [-0.3, -0.25) is 9.59 Å². The Morgan fingerprint density at radius 1 is 1.44 bits per heavy atom. The van der Waals surface area contributed by atoms with E-state index in [1.165, 1.54) is 12.1 Å². The number of hydrogen-bond donors (Lipinski definition) is 3. The maximum atomic E-state index is 15.0. The van der Waals surface area contributed by atoms with Gasteiger partial charge in [0.05, 0.1) is 4.88 Å². The molecule has 0 aliphatic carbocycles. The molecule has 0 unspecified atom stereocenters. The van der Waals surface area contributed by atoms with Crippen molar-refractivity contribution in [3.63, 3.8) is 0 Å². The van der Waals surface area contributed by atoms with Gasteiger partial charge in [0.1, 0.15) is 18.0 Å². The Morgan fingerprint density at radius 2 is 2.15 bits per heavy atom. The first kappa shape index (κ1) is 19.4. The fourth-order valence-corrected chi connectivity index (χ4v) is 4.84. The van der Waals surface area contributed by atoms with Crippen molar-refractivity contribution in [2.45, 2.75) is 20.3 Å². The van der Waals surface area contributed by atoms with Gasteiger partial charge < -0.3 is 10.4 Å². The number of carbonyl (C=O) groups excluding carboxylic acids is 2. The summed E-state index contributed by atoms with van der Waals surface area (Å²) < 4.78 is 41.3. The zero-order chi connectivity index (χ0) is 19.9. The van der Waals surface area contributed by atoms with Gasteiger partial charge in [-0.15, -0.1) is 11.3 Å². The molecule has 1 aliphatic heterocycles. The number of amides is 2. The molecule has 1 saturated heterocycles. The van der Waals surface area contributed by atoms with E-state index in [9.17, 15) is 27.5 Å². The monoisotopic (exact) mass is 415 g/mol. The number of rotatable bonds is 5. The third-order valence-electron chi connectivity index (χ3n) is 4.02. The molecule has 11 heteroatoms. The number of benzene rings is 1. The van der Waals surface area contributed by atoms with Crippen LogP contribution in [0.4, 0.5) is 10.1 Å². The first-order valence-corrected chi connectivity index (χ1v) is 10.4. The minimum atomic E-state index is -4.27. The lowest BCUT2D eigenvalue weighted by Gasteiger charge is -2.17. The molecule has 3 rings (SSSR count). The normalized spacial score (nSPS) is 16.1. The molecule has 2 aromatic rings. The third kappa shape index (κ3) is 3.69. The fraction of sp³-hybridized carbons (Fsp3) is 0.375. The van der Waals surface area contributed by atoms with E-state index in [0.717, 1.165) is 17.8 Å². The van der Waals surface area contributed by atoms with Crippen LogP contribution in [0.1, 0.15) is 29.9 Å². The van der Waals surface area contributed by atoms with Gasteiger partial charge in [-0.25, -0.2) is 13.4 Å². The minimum absolute atomic E-state index is 0.00337. The molecule has 1 aliphatic rings. The van der Waals surface area contributed by atoms with Crippen LogP contribution in [0.15, 0.2) is 12.1 Å². The maximum absolute atomic E-state index is 15.0. The lowest BCUT2D eigenvalue weighted by atomic mass is 10.1. The molecular weight excluding hydrogens is 397 g/mol. The van der Waals surface area contributed by atoms with Crippen molar-refractivity contribution >= 4 is 49.1 Å². The Labute approximate surface area is 159 Å². The van der Waals surface area contributed by atoms with Crippen molar-refractivity contribution in [2.75, 3.05) is 17.4 Å². The zero-order valence-electron chi connectivity index (χ0n) is 14.6. The quantitative estimate of drug-likeness (QED) is 0.687. The molecule has 0 bridgehead atoms. The van der Waals surface area contributed by atoms with Gasteiger partial charge in [0.15, 0.2) is 5.82 Å². The summed E-state index contributed by atoms with van der Waals surface area (Å²) in [6.07, 6.45) is 0.795. The lowest BCUT2D eigenvalue weighted by molar-refractivity contribution is -0.117. The summed E-state index contributed by atoms with van der Waals surface area (Å²) in [7, 11) is -4.27. The second kappa shape index (κ2) is 6.97. The first-order valence-electron chi connectivity index (χ1n) is 8.16. The molecule has 2 heterocycles. The minimum Gasteiger partial charge on any atom is -0.506 e. The number of fused-ring (bicyclic) bond motifs is 1. The highest BCUT2D eigenvalue weighted by Gasteiger charge is 2.38. The van der Waals surface area contributed by atoms with Crippen LogP contribution in [0.5, 0.6) is 5.75 Å². The van der Waals surface area contributed by atoms with Gasteiger partial charge in [0, 0.05) is 22.7 Å². The van der Waals surface area contributed by atoms with Crippen LogP contribution >= 0.6 is 11.3 Å². The number of hydrogen-bond acceptors (Lipinski definition) is 6. The van der Waals surface area contributed by atoms with E-state index >= 15 is 0 Å². The smallest absolute Gasteiger partial charge is 0.326 e. The highest BCUT2D eigenvalue weighted by atomic mass is 32.2. The van der Waals surface area contributed by atoms with E-state index in [4.69, 9.17) is 0 Å². The van der Waals surface area contributed by atoms with Crippen molar-refractivity contribution in [1.29, 1.82) is 0 Å². The van der Waals surface area contributed by atoms with Crippen LogP contribution in [0.25, 0.3) is 10.1 Å². The number of phenolic OH excluding ortho intramolecular Hbond substituents is 1. The summed E-state index contributed by atoms with van der Waals surface area (Å²) in [5.41, 5.74) is -0.620. The van der Waals surface area contributed by atoms with Gasteiger partial charge in [0.2, 0.25) is 0 Å². The Balaban J connectivity index is 1.98. The SMILES string of the molecule is CC(C)CCNC(=O)c1cc2c(F)c(N3CC(=O)NS3(=O)=O)c(O)cc2s1. The lowest BCUT2D eigenvalue weighted by Crippen LogP contribution is -2.30. The third-order valence-corrected chi connectivity index (χ3v) is 6.47. The molecule has 8 nitrogen and oxygen atoms in total. The maximum Gasteiger partial charge on any atom is 0.326 e. The average molecular weight is 415 g/mol. The van der Waals surface area contributed by atoms with Crippen LogP contribution in [-0.4, -0.2) is 38.4 Å². The number of carbonyl (C=O) groups is 2. The first-order chi connectivity index (χ1) is 12.6. The van der Waals surface area contributed by atoms with Gasteiger partial charge in [0.25, 0.3) is 11.8 Å². The summed E-state index contributed by atoms with van der Waals surface area (Å²) in [4.78, 5) is 23.9. The second-order valence-corrected chi connectivity index (χ2v) is 9.23. The highest BCUT2D eigenvalue weighted by molar-refractivity contribution is 7.92. The summed E-state index contributed by atoms with van der Waals surface area (Å²) in [5.74, 6) is -2.42. The van der Waals surface area contributed by atoms with E-state index in [1.54, 1.807) is 4.72 Å². The predicted octanol–water partition coefficient (Wildman–Crippen LogP) is 1.70. The Bertz CT molecular complexity index is 1030. The molecule has 146 valence electrons. The van der Waals surface area contributed by atoms with Crippen LogP contribution < -0.4 is 14.3 Å². The second-order valence-electron chi connectivity index (χ2n) is 6.56. The Kier molecular flexibility index (Phi) is 5.00. The molecular formula is C16H18FN3O5S2. The van der Waals surface area contributed by atoms with E-state index in [2.05, 4.69) is 5.32 Å². The number of phenols is 1. The molecule has 27 heavy (non-hydrogen) atoms. The van der Waals surface area contributed by atoms with Gasteiger partial charge in [-0.05, 0) is 18.4 Å². The molecule has 0 atom stereocenters. The van der Waals surface area contributed by atoms with Crippen LogP contribution in [0.3, 0.4) is 0 Å². The molecule has 1 aromatic carbocycles. The van der Waals surface area contributed by atoms with Crippen LogP contribution in [-0.2, 0) is 15.0 Å². The number of nitrogens with zero attached hydrogens (tertiary/aromatic N) is 1. The average Bonchev–Trinajstić information content (AvgIpc) is 3.07. The molecule has 1 aromatic heterocycles.